The monoisotopic (exact) mass is 296 g/mol. The highest BCUT2D eigenvalue weighted by Crippen LogP contribution is 2.33. The quantitative estimate of drug-likeness (QED) is 0.588. The van der Waals surface area contributed by atoms with E-state index in [0.29, 0.717) is 0 Å². The molecule has 0 N–H and O–H groups in total. The number of ketones is 1. The Balaban J connectivity index is 2.36. The van der Waals surface area contributed by atoms with Gasteiger partial charge in [-0.15, -0.1) is 0 Å². The van der Waals surface area contributed by atoms with Crippen molar-refractivity contribution in [1.82, 2.24) is 0 Å². The van der Waals surface area contributed by atoms with E-state index in [1.807, 2.05) is 0 Å². The molecule has 0 saturated heterocycles. The molecule has 2 rings (SSSR count). The van der Waals surface area contributed by atoms with Crippen molar-refractivity contribution in [2.24, 2.45) is 0 Å². The molecule has 2 aromatic carbocycles. The molecule has 0 heterocycles. The first-order valence-corrected chi connectivity index (χ1v) is 6.28. The Kier molecular flexibility index (Phi) is 4.40. The highest BCUT2D eigenvalue weighted by atomic mass is 19.4. The first-order chi connectivity index (χ1) is 9.87. The second-order valence-corrected chi connectivity index (χ2v) is 4.65. The van der Waals surface area contributed by atoms with Gasteiger partial charge in [-0.2, -0.15) is 13.2 Å². The van der Waals surface area contributed by atoms with Gasteiger partial charge in [-0.25, -0.2) is 4.39 Å². The highest BCUT2D eigenvalue weighted by molar-refractivity contribution is 6.01. The zero-order valence-electron chi connectivity index (χ0n) is 10.9. The topological polar surface area (TPSA) is 17.1 Å². The number of halogens is 4. The number of benzene rings is 2. The Morgan fingerprint density at radius 1 is 0.952 bits per heavy atom. The second kappa shape index (κ2) is 6.08. The van der Waals surface area contributed by atoms with Gasteiger partial charge in [-0.1, -0.05) is 42.5 Å². The molecule has 1 unspecified atom stereocenters. The minimum Gasteiger partial charge on any atom is -0.293 e. The summed E-state index contributed by atoms with van der Waals surface area (Å²) >= 11 is 0. The lowest BCUT2D eigenvalue weighted by molar-refractivity contribution is -0.136. The van der Waals surface area contributed by atoms with Crippen LogP contribution in [-0.2, 0) is 0 Å². The zero-order valence-corrected chi connectivity index (χ0v) is 10.9. The molecule has 0 aliphatic rings. The summed E-state index contributed by atoms with van der Waals surface area (Å²) in [5.41, 5.74) is 0.360. The average Bonchev–Trinajstić information content (AvgIpc) is 2.45. The standard InChI is InChI=1S/C16H12F4O/c17-13-8-6-11(7-9-13)14(10-16(18,19)20)15(21)12-4-2-1-3-5-12/h1-9,14H,10H2. The molecule has 0 radical (unpaired) electrons. The van der Waals surface area contributed by atoms with E-state index in [-0.39, 0.29) is 11.1 Å². The normalized spacial score (nSPS) is 13.0. The largest absolute Gasteiger partial charge is 0.390 e. The van der Waals surface area contributed by atoms with Gasteiger partial charge in [0, 0.05) is 5.56 Å². The van der Waals surface area contributed by atoms with Gasteiger partial charge in [0.15, 0.2) is 5.78 Å². The van der Waals surface area contributed by atoms with Gasteiger partial charge in [0.05, 0.1) is 12.3 Å². The van der Waals surface area contributed by atoms with Gasteiger partial charge in [0.1, 0.15) is 5.82 Å². The number of carbonyl (C=O) groups is 1. The van der Waals surface area contributed by atoms with Crippen LogP contribution in [0.3, 0.4) is 0 Å². The summed E-state index contributed by atoms with van der Waals surface area (Å²) in [4.78, 5) is 12.3. The van der Waals surface area contributed by atoms with Gasteiger partial charge in [0.25, 0.3) is 0 Å². The maximum absolute atomic E-state index is 12.9. The summed E-state index contributed by atoms with van der Waals surface area (Å²) in [5, 5.41) is 0. The number of carbonyl (C=O) groups excluding carboxylic acids is 1. The Labute approximate surface area is 119 Å². The number of alkyl halides is 3. The van der Waals surface area contributed by atoms with E-state index in [1.54, 1.807) is 18.2 Å². The molecule has 0 aromatic heterocycles. The summed E-state index contributed by atoms with van der Waals surface area (Å²) < 4.78 is 51.1. The van der Waals surface area contributed by atoms with Crippen molar-refractivity contribution < 1.29 is 22.4 Å². The lowest BCUT2D eigenvalue weighted by Crippen LogP contribution is -2.21. The summed E-state index contributed by atoms with van der Waals surface area (Å²) in [6.45, 7) is 0. The van der Waals surface area contributed by atoms with Crippen LogP contribution in [0.2, 0.25) is 0 Å². The number of hydrogen-bond acceptors (Lipinski definition) is 1. The average molecular weight is 296 g/mol. The molecule has 0 aliphatic carbocycles. The molecule has 0 aliphatic heterocycles. The minimum absolute atomic E-state index is 0.155. The molecule has 5 heteroatoms. The molecule has 0 spiro atoms. The van der Waals surface area contributed by atoms with Crippen LogP contribution in [-0.4, -0.2) is 12.0 Å². The summed E-state index contributed by atoms with van der Waals surface area (Å²) in [7, 11) is 0. The van der Waals surface area contributed by atoms with Gasteiger partial charge in [0.2, 0.25) is 0 Å². The third-order valence-electron chi connectivity index (χ3n) is 3.08. The number of hydrogen-bond donors (Lipinski definition) is 0. The molecule has 0 amide bonds. The van der Waals surface area contributed by atoms with Crippen LogP contribution in [0.4, 0.5) is 17.6 Å². The van der Waals surface area contributed by atoms with E-state index in [9.17, 15) is 22.4 Å². The van der Waals surface area contributed by atoms with Crippen molar-refractivity contribution in [3.05, 3.63) is 71.5 Å². The maximum Gasteiger partial charge on any atom is 0.390 e. The van der Waals surface area contributed by atoms with E-state index in [0.717, 1.165) is 12.1 Å². The van der Waals surface area contributed by atoms with E-state index in [1.165, 1.54) is 24.3 Å². The van der Waals surface area contributed by atoms with E-state index < -0.39 is 30.1 Å². The third-order valence-corrected chi connectivity index (χ3v) is 3.08. The van der Waals surface area contributed by atoms with Gasteiger partial charge >= 0.3 is 6.18 Å². The summed E-state index contributed by atoms with van der Waals surface area (Å²) in [6.07, 6.45) is -5.75. The molecule has 0 bridgehead atoms. The zero-order chi connectivity index (χ0) is 15.5. The van der Waals surface area contributed by atoms with E-state index in [4.69, 9.17) is 0 Å². The Morgan fingerprint density at radius 2 is 1.52 bits per heavy atom. The molecular formula is C16H12F4O. The fourth-order valence-corrected chi connectivity index (χ4v) is 2.09. The molecule has 1 atom stereocenters. The fraction of sp³-hybridized carbons (Fsp3) is 0.188. The Hall–Kier alpha value is -2.17. The van der Waals surface area contributed by atoms with Crippen molar-refractivity contribution in [1.29, 1.82) is 0 Å². The smallest absolute Gasteiger partial charge is 0.293 e. The first kappa shape index (κ1) is 15.2. The lowest BCUT2D eigenvalue weighted by Gasteiger charge is -2.18. The molecule has 2 aromatic rings. The van der Waals surface area contributed by atoms with Crippen LogP contribution >= 0.6 is 0 Å². The summed E-state index contributed by atoms with van der Waals surface area (Å²) in [6, 6.07) is 12.3. The van der Waals surface area contributed by atoms with Gasteiger partial charge in [-0.3, -0.25) is 4.79 Å². The Bertz CT molecular complexity index is 602. The first-order valence-electron chi connectivity index (χ1n) is 6.28. The molecule has 21 heavy (non-hydrogen) atoms. The van der Waals surface area contributed by atoms with Crippen molar-refractivity contribution in [2.75, 3.05) is 0 Å². The molecule has 0 fully saturated rings. The molecule has 0 saturated carbocycles. The predicted octanol–water partition coefficient (Wildman–Crippen LogP) is 4.74. The third kappa shape index (κ3) is 4.15. The highest BCUT2D eigenvalue weighted by Gasteiger charge is 2.36. The van der Waals surface area contributed by atoms with E-state index in [2.05, 4.69) is 0 Å². The molecule has 1 nitrogen and oxygen atoms in total. The van der Waals surface area contributed by atoms with Gasteiger partial charge < -0.3 is 0 Å². The Morgan fingerprint density at radius 3 is 2.05 bits per heavy atom. The van der Waals surface area contributed by atoms with Crippen LogP contribution in [0.25, 0.3) is 0 Å². The van der Waals surface area contributed by atoms with Gasteiger partial charge in [-0.05, 0) is 17.7 Å². The minimum atomic E-state index is -4.48. The van der Waals surface area contributed by atoms with Crippen LogP contribution in [0, 0.1) is 5.82 Å². The van der Waals surface area contributed by atoms with Crippen molar-refractivity contribution >= 4 is 5.78 Å². The fourth-order valence-electron chi connectivity index (χ4n) is 2.09. The molecular weight excluding hydrogens is 284 g/mol. The van der Waals surface area contributed by atoms with E-state index >= 15 is 0 Å². The van der Waals surface area contributed by atoms with Crippen LogP contribution in [0.15, 0.2) is 54.6 Å². The SMILES string of the molecule is O=C(c1ccccc1)C(CC(F)(F)F)c1ccc(F)cc1. The van der Waals surface area contributed by atoms with Crippen LogP contribution in [0.5, 0.6) is 0 Å². The number of rotatable bonds is 4. The maximum atomic E-state index is 12.9. The number of Topliss-reactive ketones (excluding diaryl/α,β-unsaturated/α-hetero) is 1. The molecule has 110 valence electrons. The van der Waals surface area contributed by atoms with Crippen LogP contribution in [0.1, 0.15) is 28.3 Å². The van der Waals surface area contributed by atoms with Crippen molar-refractivity contribution in [3.8, 4) is 0 Å². The second-order valence-electron chi connectivity index (χ2n) is 4.65. The summed E-state index contributed by atoms with van der Waals surface area (Å²) in [5.74, 6) is -2.55. The van der Waals surface area contributed by atoms with Crippen LogP contribution < -0.4 is 0 Å². The lowest BCUT2D eigenvalue weighted by atomic mass is 9.88. The van der Waals surface area contributed by atoms with Crippen molar-refractivity contribution in [3.63, 3.8) is 0 Å². The predicted molar refractivity (Wildman–Crippen MR) is 70.6 cm³/mol. The van der Waals surface area contributed by atoms with Crippen molar-refractivity contribution in [2.45, 2.75) is 18.5 Å².